The van der Waals surface area contributed by atoms with Crippen LogP contribution in [0.1, 0.15) is 37.7 Å². The van der Waals surface area contributed by atoms with Crippen LogP contribution in [0.4, 0.5) is 15.9 Å². The van der Waals surface area contributed by atoms with Crippen molar-refractivity contribution < 1.29 is 12.8 Å². The maximum Gasteiger partial charge on any atom is 0.263 e. The lowest BCUT2D eigenvalue weighted by atomic mass is 9.95. The van der Waals surface area contributed by atoms with Gasteiger partial charge >= 0.3 is 0 Å². The summed E-state index contributed by atoms with van der Waals surface area (Å²) in [5.41, 5.74) is 1.23. The average Bonchev–Trinajstić information content (AvgIpc) is 2.57. The fraction of sp³-hybridized carbons (Fsp3) is 0.389. The highest BCUT2D eigenvalue weighted by molar-refractivity contribution is 7.92. The van der Waals surface area contributed by atoms with E-state index >= 15 is 0 Å². The van der Waals surface area contributed by atoms with Gasteiger partial charge in [-0.15, -0.1) is 0 Å². The van der Waals surface area contributed by atoms with Crippen molar-refractivity contribution in [3.8, 4) is 0 Å². The van der Waals surface area contributed by atoms with E-state index in [4.69, 9.17) is 0 Å². The number of benzene rings is 1. The largest absolute Gasteiger partial charge is 0.381 e. The van der Waals surface area contributed by atoms with Crippen LogP contribution in [0.15, 0.2) is 41.4 Å². The first kappa shape index (κ1) is 17.7. The number of halogens is 1. The summed E-state index contributed by atoms with van der Waals surface area (Å²) >= 11 is 0. The van der Waals surface area contributed by atoms with Gasteiger partial charge < -0.3 is 5.32 Å². The Kier molecular flexibility index (Phi) is 5.22. The lowest BCUT2D eigenvalue weighted by Gasteiger charge is -2.23. The van der Waals surface area contributed by atoms with Crippen molar-refractivity contribution in [3.63, 3.8) is 0 Å². The number of anilines is 2. The van der Waals surface area contributed by atoms with Crippen LogP contribution in [-0.2, 0) is 10.0 Å². The zero-order chi connectivity index (χ0) is 17.9. The predicted octanol–water partition coefficient (Wildman–Crippen LogP) is 4.07. The molecule has 7 heteroatoms. The number of nitrogens with zero attached hydrogens (tertiary/aromatic N) is 1. The Labute approximate surface area is 147 Å². The third-order valence-electron chi connectivity index (χ3n) is 4.40. The van der Waals surface area contributed by atoms with Gasteiger partial charge in [0, 0.05) is 6.04 Å². The van der Waals surface area contributed by atoms with E-state index in [1.807, 2.05) is 6.07 Å². The van der Waals surface area contributed by atoms with Gasteiger partial charge in [0.2, 0.25) is 0 Å². The Hall–Kier alpha value is -2.15. The standard InChI is InChI=1S/C18H22FN3O2S/c1-13-11-14(19)7-9-17(13)25(23,24)22-18-10-8-16(12-20-18)21-15-5-3-2-4-6-15/h7-12,15,21H,2-6H2,1H3,(H,20,22). The molecule has 0 amide bonds. The first-order chi connectivity index (χ1) is 11.9. The minimum atomic E-state index is -3.80. The second-order valence-corrected chi connectivity index (χ2v) is 8.08. The molecule has 5 nitrogen and oxygen atoms in total. The van der Waals surface area contributed by atoms with Crippen LogP contribution >= 0.6 is 0 Å². The van der Waals surface area contributed by atoms with Crippen molar-refractivity contribution >= 4 is 21.5 Å². The summed E-state index contributed by atoms with van der Waals surface area (Å²) in [7, 11) is -3.80. The Balaban J connectivity index is 1.69. The van der Waals surface area contributed by atoms with Crippen LogP contribution in [0.2, 0.25) is 0 Å². The molecule has 0 aliphatic heterocycles. The van der Waals surface area contributed by atoms with Gasteiger partial charge in [-0.05, 0) is 55.7 Å². The lowest BCUT2D eigenvalue weighted by Crippen LogP contribution is -2.22. The molecule has 25 heavy (non-hydrogen) atoms. The van der Waals surface area contributed by atoms with E-state index in [0.29, 0.717) is 11.6 Å². The van der Waals surface area contributed by atoms with Gasteiger partial charge in [0.1, 0.15) is 11.6 Å². The van der Waals surface area contributed by atoms with Crippen molar-refractivity contribution in [1.82, 2.24) is 4.98 Å². The predicted molar refractivity (Wildman–Crippen MR) is 96.7 cm³/mol. The smallest absolute Gasteiger partial charge is 0.263 e. The molecule has 1 aromatic carbocycles. The maximum absolute atomic E-state index is 13.2. The number of aryl methyl sites for hydroxylation is 1. The summed E-state index contributed by atoms with van der Waals surface area (Å²) in [6.07, 6.45) is 7.69. The molecular formula is C18H22FN3O2S. The van der Waals surface area contributed by atoms with Crippen LogP contribution in [-0.4, -0.2) is 19.4 Å². The zero-order valence-corrected chi connectivity index (χ0v) is 14.9. The summed E-state index contributed by atoms with van der Waals surface area (Å²) in [6.45, 7) is 1.56. The SMILES string of the molecule is Cc1cc(F)ccc1S(=O)(=O)Nc1ccc(NC2CCCCC2)cn1. The van der Waals surface area contributed by atoms with Crippen molar-refractivity contribution in [1.29, 1.82) is 0 Å². The number of pyridine rings is 1. The summed E-state index contributed by atoms with van der Waals surface area (Å²) < 4.78 is 40.5. The third kappa shape index (κ3) is 4.48. The van der Waals surface area contributed by atoms with Gasteiger partial charge in [-0.1, -0.05) is 19.3 Å². The molecule has 0 atom stereocenters. The van der Waals surface area contributed by atoms with Crippen LogP contribution in [0.3, 0.4) is 0 Å². The van der Waals surface area contributed by atoms with Gasteiger partial charge in [-0.2, -0.15) is 0 Å². The molecule has 1 fully saturated rings. The number of rotatable bonds is 5. The fourth-order valence-corrected chi connectivity index (χ4v) is 4.37. The van der Waals surface area contributed by atoms with E-state index in [2.05, 4.69) is 15.0 Å². The highest BCUT2D eigenvalue weighted by Gasteiger charge is 2.18. The molecule has 134 valence electrons. The maximum atomic E-state index is 13.2. The summed E-state index contributed by atoms with van der Waals surface area (Å²) in [4.78, 5) is 4.22. The Morgan fingerprint density at radius 1 is 1.12 bits per heavy atom. The van der Waals surface area contributed by atoms with Gasteiger partial charge in [0.25, 0.3) is 10.0 Å². The molecule has 2 N–H and O–H groups in total. The molecular weight excluding hydrogens is 341 g/mol. The number of sulfonamides is 1. The van der Waals surface area contributed by atoms with Gasteiger partial charge in [-0.3, -0.25) is 4.72 Å². The van der Waals surface area contributed by atoms with Gasteiger partial charge in [0.05, 0.1) is 16.8 Å². The first-order valence-corrected chi connectivity index (χ1v) is 9.94. The Morgan fingerprint density at radius 3 is 2.52 bits per heavy atom. The zero-order valence-electron chi connectivity index (χ0n) is 14.1. The first-order valence-electron chi connectivity index (χ1n) is 8.45. The molecule has 2 aromatic rings. The van der Waals surface area contributed by atoms with Crippen LogP contribution in [0.5, 0.6) is 0 Å². The molecule has 0 spiro atoms. The second kappa shape index (κ2) is 7.39. The number of aromatic nitrogens is 1. The molecule has 0 unspecified atom stereocenters. The Bertz CT molecular complexity index is 832. The Morgan fingerprint density at radius 2 is 1.88 bits per heavy atom. The molecule has 3 rings (SSSR count). The van der Waals surface area contributed by atoms with Crippen molar-refractivity contribution in [3.05, 3.63) is 47.9 Å². The summed E-state index contributed by atoms with van der Waals surface area (Å²) in [5.74, 6) is -0.231. The molecule has 0 radical (unpaired) electrons. The van der Waals surface area contributed by atoms with Gasteiger partial charge in [0.15, 0.2) is 0 Å². The number of nitrogens with one attached hydrogen (secondary N) is 2. The number of hydrogen-bond acceptors (Lipinski definition) is 4. The second-order valence-electron chi connectivity index (χ2n) is 6.43. The minimum absolute atomic E-state index is 0.0418. The van der Waals surface area contributed by atoms with E-state index in [0.717, 1.165) is 24.6 Å². The molecule has 1 saturated carbocycles. The summed E-state index contributed by atoms with van der Waals surface area (Å²) in [5, 5.41) is 3.44. The average molecular weight is 363 g/mol. The van der Waals surface area contributed by atoms with E-state index in [1.54, 1.807) is 19.2 Å². The van der Waals surface area contributed by atoms with Crippen LogP contribution in [0.25, 0.3) is 0 Å². The van der Waals surface area contributed by atoms with E-state index < -0.39 is 15.8 Å². The van der Waals surface area contributed by atoms with Crippen molar-refractivity contribution in [2.24, 2.45) is 0 Å². The molecule has 1 aromatic heterocycles. The van der Waals surface area contributed by atoms with E-state index in [1.165, 1.54) is 31.4 Å². The van der Waals surface area contributed by atoms with Gasteiger partial charge in [-0.25, -0.2) is 17.8 Å². The molecule has 0 saturated heterocycles. The third-order valence-corrected chi connectivity index (χ3v) is 5.92. The molecule has 1 aliphatic rings. The molecule has 0 bridgehead atoms. The summed E-state index contributed by atoms with van der Waals surface area (Å²) in [6, 6.07) is 7.48. The monoisotopic (exact) mass is 363 g/mol. The lowest BCUT2D eigenvalue weighted by molar-refractivity contribution is 0.462. The van der Waals surface area contributed by atoms with Crippen LogP contribution in [0, 0.1) is 12.7 Å². The highest BCUT2D eigenvalue weighted by Crippen LogP contribution is 2.23. The van der Waals surface area contributed by atoms with Crippen LogP contribution < -0.4 is 10.0 Å². The normalized spacial score (nSPS) is 15.8. The van der Waals surface area contributed by atoms with Crippen molar-refractivity contribution in [2.45, 2.75) is 50.0 Å². The van der Waals surface area contributed by atoms with Crippen molar-refractivity contribution in [2.75, 3.05) is 10.0 Å². The highest BCUT2D eigenvalue weighted by atomic mass is 32.2. The minimum Gasteiger partial charge on any atom is -0.381 e. The quantitative estimate of drug-likeness (QED) is 0.840. The van der Waals surface area contributed by atoms with E-state index in [-0.39, 0.29) is 10.7 Å². The topological polar surface area (TPSA) is 71.1 Å². The fourth-order valence-electron chi connectivity index (χ4n) is 3.13. The number of hydrogen-bond donors (Lipinski definition) is 2. The van der Waals surface area contributed by atoms with E-state index in [9.17, 15) is 12.8 Å². The molecule has 1 heterocycles. The molecule has 1 aliphatic carbocycles.